The lowest BCUT2D eigenvalue weighted by molar-refractivity contribution is 0.0996. The number of hydrogen-bond donors (Lipinski definition) is 2. The third-order valence-electron chi connectivity index (χ3n) is 1.69. The molecule has 0 saturated carbocycles. The summed E-state index contributed by atoms with van der Waals surface area (Å²) >= 11 is 0. The fraction of sp³-hybridized carbons (Fsp3) is 0.100. The zero-order valence-electron chi connectivity index (χ0n) is 7.59. The zero-order chi connectivity index (χ0) is 10.6. The second-order valence-corrected chi connectivity index (χ2v) is 2.73. The number of nitrogens with one attached hydrogen (secondary N) is 1. The number of carbonyl (C=O) groups excluding carboxylic acids is 1. The van der Waals surface area contributed by atoms with Gasteiger partial charge in [0.2, 0.25) is 0 Å². The Kier molecular flexibility index (Phi) is 3.23. The van der Waals surface area contributed by atoms with Crippen LogP contribution in [0.25, 0.3) is 0 Å². The number of hydrogen-bond acceptors (Lipinski definition) is 2. The summed E-state index contributed by atoms with van der Waals surface area (Å²) < 4.78 is 13.2. The van der Waals surface area contributed by atoms with Crippen molar-refractivity contribution in [2.45, 2.75) is 0 Å². The van der Waals surface area contributed by atoms with Crippen molar-refractivity contribution in [3.05, 3.63) is 42.2 Å². The van der Waals surface area contributed by atoms with Gasteiger partial charge < -0.3 is 11.1 Å². The lowest BCUT2D eigenvalue weighted by atomic mass is 10.2. The highest BCUT2D eigenvalue weighted by atomic mass is 19.1. The van der Waals surface area contributed by atoms with Crippen LogP contribution in [0.15, 0.2) is 30.9 Å². The van der Waals surface area contributed by atoms with Gasteiger partial charge in [-0.3, -0.25) is 4.79 Å². The van der Waals surface area contributed by atoms with Crippen molar-refractivity contribution in [2.24, 2.45) is 5.73 Å². The lowest BCUT2D eigenvalue weighted by Crippen LogP contribution is -2.13. The van der Waals surface area contributed by atoms with Crippen molar-refractivity contribution >= 4 is 11.6 Å². The Bertz CT molecular complexity index is 363. The number of amides is 1. The van der Waals surface area contributed by atoms with E-state index < -0.39 is 11.7 Å². The van der Waals surface area contributed by atoms with Crippen LogP contribution in [0.5, 0.6) is 0 Å². The van der Waals surface area contributed by atoms with Crippen LogP contribution in [-0.4, -0.2) is 12.5 Å². The predicted molar refractivity (Wildman–Crippen MR) is 53.6 cm³/mol. The van der Waals surface area contributed by atoms with E-state index in [9.17, 15) is 9.18 Å². The van der Waals surface area contributed by atoms with Crippen LogP contribution in [0, 0.1) is 5.82 Å². The lowest BCUT2D eigenvalue weighted by Gasteiger charge is -2.04. The van der Waals surface area contributed by atoms with Gasteiger partial charge in [-0.25, -0.2) is 4.39 Å². The van der Waals surface area contributed by atoms with E-state index in [1.807, 2.05) is 0 Å². The summed E-state index contributed by atoms with van der Waals surface area (Å²) in [7, 11) is 0. The molecule has 3 N–H and O–H groups in total. The Hall–Kier alpha value is -1.84. The smallest absolute Gasteiger partial charge is 0.251 e. The molecule has 1 rings (SSSR count). The highest BCUT2D eigenvalue weighted by Crippen LogP contribution is 2.13. The molecule has 4 heteroatoms. The van der Waals surface area contributed by atoms with E-state index in [4.69, 9.17) is 5.73 Å². The normalized spacial score (nSPS) is 9.50. The Labute approximate surface area is 81.4 Å². The molecular weight excluding hydrogens is 183 g/mol. The number of primary amides is 1. The van der Waals surface area contributed by atoms with Crippen molar-refractivity contribution in [3.63, 3.8) is 0 Å². The van der Waals surface area contributed by atoms with Gasteiger partial charge >= 0.3 is 0 Å². The first-order valence-electron chi connectivity index (χ1n) is 4.09. The van der Waals surface area contributed by atoms with Crippen molar-refractivity contribution in [3.8, 4) is 0 Å². The minimum Gasteiger partial charge on any atom is -0.382 e. The molecule has 0 radical (unpaired) electrons. The number of benzene rings is 1. The van der Waals surface area contributed by atoms with Crippen LogP contribution in [0.2, 0.25) is 0 Å². The van der Waals surface area contributed by atoms with Gasteiger partial charge in [0.1, 0.15) is 5.82 Å². The molecule has 0 aliphatic rings. The molecule has 14 heavy (non-hydrogen) atoms. The van der Waals surface area contributed by atoms with E-state index in [0.29, 0.717) is 12.2 Å². The first-order valence-corrected chi connectivity index (χ1v) is 4.09. The van der Waals surface area contributed by atoms with Crippen LogP contribution < -0.4 is 11.1 Å². The molecule has 0 unspecified atom stereocenters. The highest BCUT2D eigenvalue weighted by Gasteiger charge is 2.07. The first-order chi connectivity index (χ1) is 6.65. The minimum absolute atomic E-state index is 0.103. The van der Waals surface area contributed by atoms with Crippen molar-refractivity contribution < 1.29 is 9.18 Å². The molecule has 3 nitrogen and oxygen atoms in total. The summed E-state index contributed by atoms with van der Waals surface area (Å²) in [6.45, 7) is 4.05. The molecule has 0 heterocycles. The molecule has 0 saturated heterocycles. The number of rotatable bonds is 4. The molecule has 0 bridgehead atoms. The van der Waals surface area contributed by atoms with Gasteiger partial charge in [-0.2, -0.15) is 0 Å². The van der Waals surface area contributed by atoms with Gasteiger partial charge in [0.25, 0.3) is 5.91 Å². The third-order valence-corrected chi connectivity index (χ3v) is 1.69. The van der Waals surface area contributed by atoms with Crippen LogP contribution in [0.1, 0.15) is 10.4 Å². The maximum absolute atomic E-state index is 13.2. The first kappa shape index (κ1) is 10.2. The monoisotopic (exact) mass is 194 g/mol. The fourth-order valence-electron chi connectivity index (χ4n) is 1.01. The predicted octanol–water partition coefficient (Wildman–Crippen LogP) is 1.52. The maximum Gasteiger partial charge on any atom is 0.251 e. The standard InChI is InChI=1S/C10H11FN2O/c1-2-5-13-7-3-4-8(10(12)14)9(11)6-7/h2-4,6,13H,1,5H2,(H2,12,14). The van der Waals surface area contributed by atoms with E-state index >= 15 is 0 Å². The topological polar surface area (TPSA) is 55.1 Å². The molecule has 0 spiro atoms. The molecule has 74 valence electrons. The summed E-state index contributed by atoms with van der Waals surface area (Å²) in [6.07, 6.45) is 1.65. The van der Waals surface area contributed by atoms with Crippen LogP contribution in [0.3, 0.4) is 0 Å². The number of carbonyl (C=O) groups is 1. The summed E-state index contributed by atoms with van der Waals surface area (Å²) in [4.78, 5) is 10.7. The average Bonchev–Trinajstić information content (AvgIpc) is 2.14. The SMILES string of the molecule is C=CCNc1ccc(C(N)=O)c(F)c1. The Balaban J connectivity index is 2.88. The number of halogens is 1. The van der Waals surface area contributed by atoms with Crippen molar-refractivity contribution in [1.82, 2.24) is 0 Å². The van der Waals surface area contributed by atoms with E-state index in [1.165, 1.54) is 12.1 Å². The van der Waals surface area contributed by atoms with Crippen LogP contribution >= 0.6 is 0 Å². The fourth-order valence-corrected chi connectivity index (χ4v) is 1.01. The van der Waals surface area contributed by atoms with Gasteiger partial charge in [-0.15, -0.1) is 6.58 Å². The summed E-state index contributed by atoms with van der Waals surface area (Å²) in [6, 6.07) is 4.17. The maximum atomic E-state index is 13.2. The molecule has 1 aromatic carbocycles. The summed E-state index contributed by atoms with van der Waals surface area (Å²) in [5.41, 5.74) is 5.44. The van der Waals surface area contributed by atoms with Gasteiger partial charge in [-0.1, -0.05) is 6.08 Å². The largest absolute Gasteiger partial charge is 0.382 e. The highest BCUT2D eigenvalue weighted by molar-refractivity contribution is 5.93. The third kappa shape index (κ3) is 2.32. The van der Waals surface area contributed by atoms with E-state index in [1.54, 1.807) is 12.1 Å². The molecule has 0 aliphatic heterocycles. The molecule has 1 aromatic rings. The second kappa shape index (κ2) is 4.41. The van der Waals surface area contributed by atoms with Gasteiger partial charge in [0, 0.05) is 12.2 Å². The van der Waals surface area contributed by atoms with E-state index in [-0.39, 0.29) is 5.56 Å². The minimum atomic E-state index is -0.766. The molecule has 1 amide bonds. The van der Waals surface area contributed by atoms with Gasteiger partial charge in [0.05, 0.1) is 5.56 Å². The number of anilines is 1. The summed E-state index contributed by atoms with van der Waals surface area (Å²) in [5.74, 6) is -1.38. The quantitative estimate of drug-likeness (QED) is 0.714. The average molecular weight is 194 g/mol. The summed E-state index contributed by atoms with van der Waals surface area (Å²) in [5, 5.41) is 2.89. The molecule has 0 atom stereocenters. The Morgan fingerprint density at radius 3 is 2.86 bits per heavy atom. The molecule has 0 fully saturated rings. The number of nitrogens with two attached hydrogens (primary N) is 1. The van der Waals surface area contributed by atoms with Crippen molar-refractivity contribution in [2.75, 3.05) is 11.9 Å². The van der Waals surface area contributed by atoms with Crippen LogP contribution in [0.4, 0.5) is 10.1 Å². The van der Waals surface area contributed by atoms with Crippen LogP contribution in [-0.2, 0) is 0 Å². The zero-order valence-corrected chi connectivity index (χ0v) is 7.59. The van der Waals surface area contributed by atoms with E-state index in [0.717, 1.165) is 0 Å². The molecule has 0 aliphatic carbocycles. The Morgan fingerprint density at radius 1 is 1.64 bits per heavy atom. The molecule has 0 aromatic heterocycles. The van der Waals surface area contributed by atoms with Gasteiger partial charge in [0.15, 0.2) is 0 Å². The second-order valence-electron chi connectivity index (χ2n) is 2.73. The molecular formula is C10H11FN2O. The van der Waals surface area contributed by atoms with E-state index in [2.05, 4.69) is 11.9 Å². The van der Waals surface area contributed by atoms with Crippen molar-refractivity contribution in [1.29, 1.82) is 0 Å². The van der Waals surface area contributed by atoms with Gasteiger partial charge in [-0.05, 0) is 18.2 Å². The Morgan fingerprint density at radius 2 is 2.36 bits per heavy atom.